The molecule has 0 amide bonds. The minimum Gasteiger partial charge on any atom is -0.297 e. The Hall–Kier alpha value is -1.22. The van der Waals surface area contributed by atoms with E-state index in [0.717, 1.165) is 31.5 Å². The Balaban J connectivity index is 1.77. The molecule has 3 heteroatoms. The summed E-state index contributed by atoms with van der Waals surface area (Å²) in [5.41, 5.74) is 0.900. The van der Waals surface area contributed by atoms with E-state index in [-0.39, 0.29) is 5.54 Å². The van der Waals surface area contributed by atoms with Gasteiger partial charge in [-0.3, -0.25) is 14.7 Å². The molecular weight excluding hydrogens is 248 g/mol. The highest BCUT2D eigenvalue weighted by atomic mass is 16.1. The van der Waals surface area contributed by atoms with E-state index in [2.05, 4.69) is 9.88 Å². The Morgan fingerprint density at radius 1 is 1.15 bits per heavy atom. The van der Waals surface area contributed by atoms with Crippen molar-refractivity contribution in [1.29, 1.82) is 0 Å². The number of carbonyl (C=O) groups is 1. The van der Waals surface area contributed by atoms with Gasteiger partial charge in [-0.15, -0.1) is 0 Å². The second-order valence-corrected chi connectivity index (χ2v) is 6.25. The molecular formula is C17H24N2O. The Kier molecular flexibility index (Phi) is 4.16. The van der Waals surface area contributed by atoms with Crippen LogP contribution in [0.1, 0.15) is 50.5 Å². The lowest BCUT2D eigenvalue weighted by Gasteiger charge is -2.42. The lowest BCUT2D eigenvalue weighted by atomic mass is 9.85. The van der Waals surface area contributed by atoms with Crippen LogP contribution in [0.5, 0.6) is 0 Å². The Morgan fingerprint density at radius 3 is 2.55 bits per heavy atom. The molecule has 0 radical (unpaired) electrons. The van der Waals surface area contributed by atoms with Crippen molar-refractivity contribution in [2.24, 2.45) is 0 Å². The lowest BCUT2D eigenvalue weighted by Crippen LogP contribution is -2.55. The topological polar surface area (TPSA) is 33.2 Å². The highest BCUT2D eigenvalue weighted by Gasteiger charge is 2.45. The first-order valence-electron chi connectivity index (χ1n) is 7.98. The fourth-order valence-electron chi connectivity index (χ4n) is 3.91. The van der Waals surface area contributed by atoms with Gasteiger partial charge >= 0.3 is 0 Å². The minimum atomic E-state index is -0.156. The van der Waals surface area contributed by atoms with Crippen LogP contribution in [-0.2, 0) is 11.2 Å². The number of likely N-dealkylation sites (tertiary alicyclic amines) is 1. The van der Waals surface area contributed by atoms with Crippen molar-refractivity contribution in [2.45, 2.75) is 56.9 Å². The van der Waals surface area contributed by atoms with Crippen LogP contribution < -0.4 is 0 Å². The van der Waals surface area contributed by atoms with Gasteiger partial charge in [0, 0.05) is 18.8 Å². The van der Waals surface area contributed by atoms with Crippen molar-refractivity contribution in [3.8, 4) is 0 Å². The number of rotatable bonds is 4. The van der Waals surface area contributed by atoms with E-state index in [0.29, 0.717) is 12.2 Å². The van der Waals surface area contributed by atoms with Gasteiger partial charge in [0.1, 0.15) is 0 Å². The van der Waals surface area contributed by atoms with Crippen LogP contribution >= 0.6 is 0 Å². The number of pyridine rings is 1. The smallest absolute Gasteiger partial charge is 0.157 e. The Morgan fingerprint density at radius 2 is 1.90 bits per heavy atom. The van der Waals surface area contributed by atoms with Crippen molar-refractivity contribution in [2.75, 3.05) is 13.1 Å². The second kappa shape index (κ2) is 6.04. The third-order valence-electron chi connectivity index (χ3n) is 5.00. The first-order chi connectivity index (χ1) is 9.81. The molecule has 0 spiro atoms. The van der Waals surface area contributed by atoms with Crippen molar-refractivity contribution < 1.29 is 4.79 Å². The van der Waals surface area contributed by atoms with E-state index in [9.17, 15) is 4.79 Å². The lowest BCUT2D eigenvalue weighted by molar-refractivity contribution is -0.131. The summed E-state index contributed by atoms with van der Waals surface area (Å²) in [4.78, 5) is 19.6. The van der Waals surface area contributed by atoms with Gasteiger partial charge in [-0.25, -0.2) is 0 Å². The van der Waals surface area contributed by atoms with Crippen molar-refractivity contribution in [1.82, 2.24) is 9.88 Å². The van der Waals surface area contributed by atoms with Crippen LogP contribution in [0.4, 0.5) is 0 Å². The van der Waals surface area contributed by atoms with E-state index < -0.39 is 0 Å². The van der Waals surface area contributed by atoms with E-state index in [1.54, 1.807) is 6.20 Å². The number of Topliss-reactive ketones (excluding diaryl/α,β-unsaturated/α-hetero) is 1. The zero-order valence-electron chi connectivity index (χ0n) is 12.2. The molecule has 2 fully saturated rings. The van der Waals surface area contributed by atoms with E-state index in [1.807, 2.05) is 18.3 Å². The molecule has 2 heterocycles. The maximum Gasteiger partial charge on any atom is 0.157 e. The summed E-state index contributed by atoms with van der Waals surface area (Å²) in [7, 11) is 0. The molecule has 1 aromatic rings. The Labute approximate surface area is 121 Å². The van der Waals surface area contributed by atoms with Crippen LogP contribution in [-0.4, -0.2) is 34.3 Å². The van der Waals surface area contributed by atoms with E-state index >= 15 is 0 Å². The van der Waals surface area contributed by atoms with Crippen molar-refractivity contribution >= 4 is 5.78 Å². The third-order valence-corrected chi connectivity index (χ3v) is 5.00. The molecule has 0 atom stereocenters. The number of hydrogen-bond donors (Lipinski definition) is 0. The summed E-state index contributed by atoms with van der Waals surface area (Å²) >= 11 is 0. The van der Waals surface area contributed by atoms with Gasteiger partial charge in [0.15, 0.2) is 5.78 Å². The maximum absolute atomic E-state index is 13.0. The van der Waals surface area contributed by atoms with Gasteiger partial charge in [-0.2, -0.15) is 0 Å². The van der Waals surface area contributed by atoms with E-state index in [1.165, 1.54) is 32.1 Å². The fraction of sp³-hybridized carbons (Fsp3) is 0.647. The summed E-state index contributed by atoms with van der Waals surface area (Å²) < 4.78 is 0. The zero-order valence-corrected chi connectivity index (χ0v) is 12.2. The molecule has 1 aliphatic heterocycles. The van der Waals surface area contributed by atoms with Crippen LogP contribution in [0.25, 0.3) is 0 Å². The average molecular weight is 272 g/mol. The van der Waals surface area contributed by atoms with Crippen molar-refractivity contribution in [3.05, 3.63) is 30.1 Å². The molecule has 3 rings (SSSR count). The quantitative estimate of drug-likeness (QED) is 0.845. The molecule has 1 saturated heterocycles. The summed E-state index contributed by atoms with van der Waals surface area (Å²) in [6.45, 7) is 2.22. The monoisotopic (exact) mass is 272 g/mol. The fourth-order valence-corrected chi connectivity index (χ4v) is 3.91. The largest absolute Gasteiger partial charge is 0.297 e. The first kappa shape index (κ1) is 13.7. The number of ketones is 1. The predicted octanol–water partition coefficient (Wildman–Crippen LogP) is 2.99. The van der Waals surface area contributed by atoms with Crippen molar-refractivity contribution in [3.63, 3.8) is 0 Å². The molecule has 1 aromatic heterocycles. The molecule has 1 saturated carbocycles. The molecule has 0 aromatic carbocycles. The first-order valence-corrected chi connectivity index (χ1v) is 7.98. The average Bonchev–Trinajstić information content (AvgIpc) is 3.00. The van der Waals surface area contributed by atoms with Gasteiger partial charge in [0.2, 0.25) is 0 Å². The van der Waals surface area contributed by atoms with Crippen LogP contribution in [0.3, 0.4) is 0 Å². The summed E-state index contributed by atoms with van der Waals surface area (Å²) in [5, 5.41) is 0. The second-order valence-electron chi connectivity index (χ2n) is 6.25. The third kappa shape index (κ3) is 2.64. The molecule has 108 valence electrons. The van der Waals surface area contributed by atoms with Gasteiger partial charge in [-0.05, 0) is 50.4 Å². The standard InChI is InChI=1S/C17H24N2O/c20-16(13-15-7-6-10-18-14-15)17(8-2-3-9-17)19-11-4-1-5-12-19/h6-7,10,14H,1-5,8-9,11-13H2. The summed E-state index contributed by atoms with van der Waals surface area (Å²) in [6, 6.07) is 3.94. The van der Waals surface area contributed by atoms with Crippen LogP contribution in [0.2, 0.25) is 0 Å². The summed E-state index contributed by atoms with van der Waals surface area (Å²) in [6.07, 6.45) is 12.5. The molecule has 0 unspecified atom stereocenters. The number of hydrogen-bond acceptors (Lipinski definition) is 3. The number of piperidine rings is 1. The normalized spacial score (nSPS) is 22.8. The molecule has 1 aliphatic carbocycles. The van der Waals surface area contributed by atoms with Crippen LogP contribution in [0.15, 0.2) is 24.5 Å². The summed E-state index contributed by atoms with van der Waals surface area (Å²) in [5.74, 6) is 0.421. The Bertz CT molecular complexity index is 445. The molecule has 3 nitrogen and oxygen atoms in total. The SMILES string of the molecule is O=C(Cc1cccnc1)C1(N2CCCCC2)CCCC1. The van der Waals surface area contributed by atoms with Gasteiger partial charge in [0.05, 0.1) is 5.54 Å². The molecule has 0 N–H and O–H groups in total. The maximum atomic E-state index is 13.0. The number of nitrogens with zero attached hydrogens (tertiary/aromatic N) is 2. The zero-order chi connectivity index (χ0) is 13.8. The molecule has 2 aliphatic rings. The highest BCUT2D eigenvalue weighted by Crippen LogP contribution is 2.38. The molecule has 0 bridgehead atoms. The van der Waals surface area contributed by atoms with Crippen LogP contribution in [0, 0.1) is 0 Å². The highest BCUT2D eigenvalue weighted by molar-refractivity contribution is 5.90. The predicted molar refractivity (Wildman–Crippen MR) is 79.6 cm³/mol. The van der Waals surface area contributed by atoms with E-state index in [4.69, 9.17) is 0 Å². The molecule has 20 heavy (non-hydrogen) atoms. The number of aromatic nitrogens is 1. The van der Waals surface area contributed by atoms with Gasteiger partial charge in [-0.1, -0.05) is 25.3 Å². The number of carbonyl (C=O) groups excluding carboxylic acids is 1. The van der Waals surface area contributed by atoms with Gasteiger partial charge in [0.25, 0.3) is 0 Å². The minimum absolute atomic E-state index is 0.156. The van der Waals surface area contributed by atoms with Gasteiger partial charge < -0.3 is 0 Å².